The summed E-state index contributed by atoms with van der Waals surface area (Å²) in [4.78, 5) is 40.8. The number of hydrogen-bond acceptors (Lipinski definition) is 9. The molecule has 0 aliphatic carbocycles. The number of carboxylic acids is 4. The molecule has 8 N–H and O–H groups in total. The van der Waals surface area contributed by atoms with Gasteiger partial charge in [0.05, 0.1) is 11.4 Å². The molecule has 1 aromatic heterocycles. The molecule has 4 atom stereocenters. The lowest BCUT2D eigenvalue weighted by molar-refractivity contribution is -0.711. The first-order valence-corrected chi connectivity index (χ1v) is 12.8. The van der Waals surface area contributed by atoms with Gasteiger partial charge in [-0.25, -0.2) is 14.6 Å². The summed E-state index contributed by atoms with van der Waals surface area (Å²) in [5.74, 6) is -8.02. The molecule has 0 radical (unpaired) electrons. The number of hydrogen-bond donors (Lipinski definition) is 6. The van der Waals surface area contributed by atoms with E-state index < -0.39 is 36.1 Å². The molecule has 1 heterocycles. The van der Waals surface area contributed by atoms with Crippen LogP contribution in [-0.2, 0) is 32.3 Å². The number of nitrogens with zero attached hydrogens (tertiary/aromatic N) is 1. The predicted molar refractivity (Wildman–Crippen MR) is 143 cm³/mol. The Morgan fingerprint density at radius 1 is 0.643 bits per heavy atom. The van der Waals surface area contributed by atoms with Crippen molar-refractivity contribution in [1.82, 2.24) is 4.98 Å². The second-order valence-electron chi connectivity index (χ2n) is 9.11. The van der Waals surface area contributed by atoms with Gasteiger partial charge in [-0.2, -0.15) is 0 Å². The smallest absolute Gasteiger partial charge is 0.351 e. The van der Waals surface area contributed by atoms with Crippen LogP contribution in [0.5, 0.6) is 0 Å². The lowest BCUT2D eigenvalue weighted by Crippen LogP contribution is -2.89. The molecule has 0 spiro atoms. The number of benzene rings is 2. The van der Waals surface area contributed by atoms with Crippen molar-refractivity contribution in [3.63, 3.8) is 0 Å². The van der Waals surface area contributed by atoms with Crippen molar-refractivity contribution in [1.29, 1.82) is 0 Å². The van der Waals surface area contributed by atoms with E-state index in [4.69, 9.17) is 44.6 Å². The van der Waals surface area contributed by atoms with Crippen molar-refractivity contribution in [2.24, 2.45) is 0 Å². The van der Waals surface area contributed by atoms with Crippen LogP contribution in [0.3, 0.4) is 0 Å². The van der Waals surface area contributed by atoms with Crippen LogP contribution in [0.15, 0.2) is 78.9 Å². The summed E-state index contributed by atoms with van der Waals surface area (Å²) in [6, 6.07) is 25.6. The third-order valence-corrected chi connectivity index (χ3v) is 5.89. The zero-order chi connectivity index (χ0) is 31.7. The van der Waals surface area contributed by atoms with Gasteiger partial charge in [-0.1, -0.05) is 66.7 Å². The van der Waals surface area contributed by atoms with Crippen LogP contribution in [0.4, 0.5) is 0 Å². The normalized spacial score (nSPS) is 13.0. The van der Waals surface area contributed by atoms with Crippen LogP contribution in [0.2, 0.25) is 0 Å². The fraction of sp³-hybridized carbons (Fsp3) is 0.276. The molecule has 42 heavy (non-hydrogen) atoms. The summed E-state index contributed by atoms with van der Waals surface area (Å²) >= 11 is 0. The van der Waals surface area contributed by atoms with Gasteiger partial charge >= 0.3 is 11.9 Å². The maximum absolute atomic E-state index is 10.5. The molecular weight excluding hydrogens is 550 g/mol. The monoisotopic (exact) mass is 585 g/mol. The molecule has 13 heteroatoms. The molecule has 3 aromatic rings. The number of quaternary nitrogens is 2. The molecule has 0 aliphatic heterocycles. The summed E-state index contributed by atoms with van der Waals surface area (Å²) < 4.78 is 0. The Morgan fingerprint density at radius 3 is 1.24 bits per heavy atom. The molecule has 13 nitrogen and oxygen atoms in total. The van der Waals surface area contributed by atoms with Crippen molar-refractivity contribution in [3.05, 3.63) is 101 Å². The van der Waals surface area contributed by atoms with E-state index >= 15 is 0 Å². The van der Waals surface area contributed by atoms with Crippen LogP contribution in [0, 0.1) is 0 Å². The predicted octanol–water partition coefficient (Wildman–Crippen LogP) is -2.91. The number of aromatic nitrogens is 1. The number of aliphatic hydroxyl groups excluding tert-OH is 2. The number of carboxylic acid groups (broad SMARTS) is 4. The lowest BCUT2D eigenvalue weighted by Gasteiger charge is -2.18. The second-order valence-corrected chi connectivity index (χ2v) is 9.11. The number of pyridine rings is 1. The minimum atomic E-state index is -2.07. The molecule has 0 amide bonds. The van der Waals surface area contributed by atoms with Gasteiger partial charge in [-0.05, 0) is 37.1 Å². The van der Waals surface area contributed by atoms with Crippen LogP contribution >= 0.6 is 0 Å². The van der Waals surface area contributed by atoms with Crippen molar-refractivity contribution < 1.29 is 60.5 Å². The maximum Gasteiger partial charge on any atom is 0.351 e. The summed E-state index contributed by atoms with van der Waals surface area (Å²) in [5.41, 5.74) is 3.85. The van der Waals surface area contributed by atoms with Gasteiger partial charge in [-0.3, -0.25) is 0 Å². The molecule has 0 fully saturated rings. The number of aliphatic carboxylic acids is 4. The van der Waals surface area contributed by atoms with E-state index in [0.29, 0.717) is 13.1 Å². The molecule has 3 rings (SSSR count). The highest BCUT2D eigenvalue weighted by Crippen LogP contribution is 2.15. The van der Waals surface area contributed by atoms with Gasteiger partial charge in [-0.15, -0.1) is 0 Å². The summed E-state index contributed by atoms with van der Waals surface area (Å²) in [5, 5.41) is 57.9. The Balaban J connectivity index is 0.000000618. The van der Waals surface area contributed by atoms with Crippen LogP contribution in [0.25, 0.3) is 0 Å². The van der Waals surface area contributed by atoms with Crippen molar-refractivity contribution in [3.8, 4) is 0 Å². The number of aliphatic hydroxyl groups is 2. The van der Waals surface area contributed by atoms with Gasteiger partial charge in [0.25, 0.3) is 0 Å². The maximum atomic E-state index is 10.5. The highest BCUT2D eigenvalue weighted by molar-refractivity contribution is 6.26. The molecule has 2 aromatic carbocycles. The molecular formula is C29H35N3O10. The second kappa shape index (κ2) is 18.6. The van der Waals surface area contributed by atoms with E-state index in [2.05, 4.69) is 10.6 Å². The zero-order valence-electron chi connectivity index (χ0n) is 23.1. The topological polar surface area (TPSA) is 241 Å². The standard InChI is InChI=1S/C25H31N3O2.2C2H2O4/c1-18(24(29)20-10-5-3-6-11-20)26-16-22-14-9-15-23(28-22)17-27-19(2)25(30)21-12-7-4-8-13-21;2*3-1(4)2(5)6/h3-15,18-19,24-27,29-30H,16-17H2,1-2H3;2*(H,3,4)(H,5,6). The number of carbonyl (C=O) groups excluding carboxylic acids is 2. The van der Waals surface area contributed by atoms with Crippen molar-refractivity contribution in [2.45, 2.75) is 51.2 Å². The van der Waals surface area contributed by atoms with E-state index in [0.717, 1.165) is 22.5 Å². The Labute approximate surface area is 242 Å². The lowest BCUT2D eigenvalue weighted by atomic mass is 10.0. The van der Waals surface area contributed by atoms with E-state index in [-0.39, 0.29) is 12.1 Å². The van der Waals surface area contributed by atoms with Gasteiger partial charge in [0, 0.05) is 0 Å². The average Bonchev–Trinajstić information content (AvgIpc) is 2.99. The Bertz CT molecular complexity index is 1160. The van der Waals surface area contributed by atoms with E-state index in [1.807, 2.05) is 92.7 Å². The highest BCUT2D eigenvalue weighted by Gasteiger charge is 2.20. The SMILES string of the molecule is CC([NH2+]Cc1cccc(C[NH2+]C(C)C(O)c2ccccc2)n1)C(O)c1ccccc1.O=C([O-])C(=O)O.O=C([O-])C(=O)O. The zero-order valence-corrected chi connectivity index (χ0v) is 23.1. The minimum Gasteiger partial charge on any atom is -0.539 e. The number of carbonyl (C=O) groups is 4. The van der Waals surface area contributed by atoms with Crippen LogP contribution in [-0.4, -0.2) is 61.4 Å². The first-order valence-electron chi connectivity index (χ1n) is 12.8. The summed E-state index contributed by atoms with van der Waals surface area (Å²) in [6.45, 7) is 5.48. The molecule has 0 bridgehead atoms. The fourth-order valence-electron chi connectivity index (χ4n) is 3.54. The Hall–Kier alpha value is -4.69. The molecule has 226 valence electrons. The van der Waals surface area contributed by atoms with Gasteiger partial charge < -0.3 is 50.9 Å². The van der Waals surface area contributed by atoms with Crippen molar-refractivity contribution in [2.75, 3.05) is 0 Å². The fourth-order valence-corrected chi connectivity index (χ4v) is 3.54. The van der Waals surface area contributed by atoms with Crippen LogP contribution < -0.4 is 20.8 Å². The van der Waals surface area contributed by atoms with E-state index in [9.17, 15) is 10.2 Å². The molecule has 0 saturated heterocycles. The number of nitrogens with two attached hydrogens (primary N) is 2. The van der Waals surface area contributed by atoms with Crippen molar-refractivity contribution >= 4 is 23.9 Å². The van der Waals surface area contributed by atoms with Gasteiger partial charge in [0.2, 0.25) is 0 Å². The Kier molecular flexibility index (Phi) is 15.7. The molecule has 0 saturated carbocycles. The third kappa shape index (κ3) is 13.6. The third-order valence-electron chi connectivity index (χ3n) is 5.89. The quantitative estimate of drug-likeness (QED) is 0.132. The summed E-state index contributed by atoms with van der Waals surface area (Å²) in [7, 11) is 0. The van der Waals surface area contributed by atoms with Gasteiger partial charge in [0.1, 0.15) is 37.4 Å². The summed E-state index contributed by atoms with van der Waals surface area (Å²) in [6.07, 6.45) is -1.02. The van der Waals surface area contributed by atoms with Gasteiger partial charge in [0.15, 0.2) is 11.9 Å². The van der Waals surface area contributed by atoms with E-state index in [1.54, 1.807) is 0 Å². The van der Waals surface area contributed by atoms with Crippen LogP contribution in [0.1, 0.15) is 48.6 Å². The first kappa shape index (κ1) is 35.3. The average molecular weight is 586 g/mol. The molecule has 0 aliphatic rings. The first-order chi connectivity index (χ1) is 19.8. The minimum absolute atomic E-state index is 0.0328. The largest absolute Gasteiger partial charge is 0.539 e. The molecule has 4 unspecified atom stereocenters. The number of rotatable bonds is 10. The highest BCUT2D eigenvalue weighted by atomic mass is 16.4. The van der Waals surface area contributed by atoms with E-state index in [1.165, 1.54) is 0 Å². The Morgan fingerprint density at radius 2 is 0.952 bits per heavy atom.